The molecule has 186 valence electrons. The molecule has 0 bridgehead atoms. The lowest BCUT2D eigenvalue weighted by atomic mass is 10.1. The van der Waals surface area contributed by atoms with Crippen molar-refractivity contribution >= 4 is 0 Å². The first kappa shape index (κ1) is 28.6. The first-order valence-electron chi connectivity index (χ1n) is 10.3. The Hall–Kier alpha value is -0.480. The molecule has 7 N–H and O–H groups in total. The summed E-state index contributed by atoms with van der Waals surface area (Å²) in [7, 11) is 0. The fourth-order valence-electron chi connectivity index (χ4n) is 2.80. The van der Waals surface area contributed by atoms with E-state index in [4.69, 9.17) is 28.8 Å². The normalized spacial score (nSPS) is 30.6. The fraction of sp³-hybridized carbons (Fsp3) is 1.00. The Bertz CT molecular complexity index is 481. The monoisotopic (exact) mass is 458 g/mol. The van der Waals surface area contributed by atoms with Gasteiger partial charge in [-0.25, -0.2) is 0 Å². The van der Waals surface area contributed by atoms with Crippen molar-refractivity contribution in [2.75, 3.05) is 26.4 Å². The van der Waals surface area contributed by atoms with Crippen LogP contribution in [0.2, 0.25) is 0 Å². The molecular weight excluding hydrogens is 420 g/mol. The smallest absolute Gasteiger partial charge is 0.189 e. The summed E-state index contributed by atoms with van der Waals surface area (Å²) in [5.74, 6) is -0.238. The van der Waals surface area contributed by atoms with Gasteiger partial charge in [-0.2, -0.15) is 0 Å². The van der Waals surface area contributed by atoms with Crippen LogP contribution in [0.4, 0.5) is 0 Å². The second-order valence-corrected chi connectivity index (χ2v) is 8.01. The van der Waals surface area contributed by atoms with Gasteiger partial charge >= 0.3 is 0 Å². The van der Waals surface area contributed by atoms with Gasteiger partial charge in [-0.15, -0.1) is 0 Å². The Labute approximate surface area is 181 Å². The summed E-state index contributed by atoms with van der Waals surface area (Å²) >= 11 is 0. The number of hydrogen-bond acceptors (Lipinski definition) is 12. The van der Waals surface area contributed by atoms with Crippen molar-refractivity contribution in [3.63, 3.8) is 0 Å². The van der Waals surface area contributed by atoms with Crippen molar-refractivity contribution in [2.45, 2.75) is 89.3 Å². The van der Waals surface area contributed by atoms with Crippen LogP contribution in [0.1, 0.15) is 27.7 Å². The van der Waals surface area contributed by atoms with Gasteiger partial charge < -0.3 is 59.4 Å². The molecule has 1 aliphatic heterocycles. The topological polar surface area (TPSA) is 188 Å². The molecule has 7 unspecified atom stereocenters. The van der Waals surface area contributed by atoms with Gasteiger partial charge in [0.25, 0.3) is 0 Å². The van der Waals surface area contributed by atoms with E-state index in [9.17, 15) is 30.6 Å². The lowest BCUT2D eigenvalue weighted by Gasteiger charge is -2.36. The molecule has 0 amide bonds. The molecule has 12 heteroatoms. The van der Waals surface area contributed by atoms with Crippen molar-refractivity contribution in [1.82, 2.24) is 0 Å². The molecule has 0 aliphatic carbocycles. The highest BCUT2D eigenvalue weighted by Gasteiger charge is 2.39. The molecular formula is C19H38O12. The van der Waals surface area contributed by atoms with Crippen molar-refractivity contribution in [3.05, 3.63) is 0 Å². The minimum atomic E-state index is -1.54. The van der Waals surface area contributed by atoms with E-state index in [1.807, 2.05) is 0 Å². The Kier molecular flexibility index (Phi) is 12.8. The van der Waals surface area contributed by atoms with Gasteiger partial charge in [0.15, 0.2) is 18.9 Å². The van der Waals surface area contributed by atoms with E-state index in [-0.39, 0.29) is 25.7 Å². The minimum absolute atomic E-state index is 0.0460. The SMILES string of the molecule is CC(CO)OC(O[C@@H](O)C(OC[C@H](C)OC1OCC(O)C(O)C1O)C(C)C)[C@@H](O)CO. The fourth-order valence-corrected chi connectivity index (χ4v) is 2.80. The van der Waals surface area contributed by atoms with Crippen LogP contribution in [0.5, 0.6) is 0 Å². The largest absolute Gasteiger partial charge is 0.394 e. The predicted octanol–water partition coefficient (Wildman–Crippen LogP) is -2.72. The zero-order valence-electron chi connectivity index (χ0n) is 18.4. The number of rotatable bonds is 14. The van der Waals surface area contributed by atoms with Crippen molar-refractivity contribution in [3.8, 4) is 0 Å². The van der Waals surface area contributed by atoms with E-state index in [1.54, 1.807) is 20.8 Å². The van der Waals surface area contributed by atoms with E-state index in [1.165, 1.54) is 6.92 Å². The van der Waals surface area contributed by atoms with Gasteiger partial charge in [-0.1, -0.05) is 13.8 Å². The lowest BCUT2D eigenvalue weighted by molar-refractivity contribution is -0.310. The van der Waals surface area contributed by atoms with Crippen LogP contribution in [0.15, 0.2) is 0 Å². The molecule has 0 aromatic heterocycles. The molecule has 1 heterocycles. The average molecular weight is 459 g/mol. The van der Waals surface area contributed by atoms with Gasteiger partial charge in [-0.05, 0) is 19.8 Å². The maximum absolute atomic E-state index is 10.5. The van der Waals surface area contributed by atoms with E-state index in [0.717, 1.165) is 0 Å². The molecule has 1 saturated heterocycles. The summed E-state index contributed by atoms with van der Waals surface area (Å²) in [5, 5.41) is 67.8. The molecule has 31 heavy (non-hydrogen) atoms. The minimum Gasteiger partial charge on any atom is -0.394 e. The molecule has 0 saturated carbocycles. The van der Waals surface area contributed by atoms with Gasteiger partial charge in [0.05, 0.1) is 38.6 Å². The van der Waals surface area contributed by atoms with Crippen molar-refractivity contribution in [1.29, 1.82) is 0 Å². The van der Waals surface area contributed by atoms with Crippen LogP contribution >= 0.6 is 0 Å². The van der Waals surface area contributed by atoms with E-state index in [2.05, 4.69) is 0 Å². The molecule has 0 radical (unpaired) electrons. The molecule has 1 fully saturated rings. The molecule has 1 aliphatic rings. The molecule has 1 rings (SSSR count). The average Bonchev–Trinajstić information content (AvgIpc) is 2.72. The Morgan fingerprint density at radius 2 is 1.55 bits per heavy atom. The van der Waals surface area contributed by atoms with Crippen LogP contribution in [0.25, 0.3) is 0 Å². The third-order valence-electron chi connectivity index (χ3n) is 4.68. The third kappa shape index (κ3) is 9.12. The zero-order valence-corrected chi connectivity index (χ0v) is 18.4. The summed E-state index contributed by atoms with van der Waals surface area (Å²) in [5.41, 5.74) is 0. The van der Waals surface area contributed by atoms with E-state index >= 15 is 0 Å². The summed E-state index contributed by atoms with van der Waals surface area (Å²) in [6, 6.07) is 0. The number of ether oxygens (including phenoxy) is 5. The van der Waals surface area contributed by atoms with Crippen LogP contribution in [-0.2, 0) is 23.7 Å². The Morgan fingerprint density at radius 1 is 0.903 bits per heavy atom. The van der Waals surface area contributed by atoms with Crippen LogP contribution < -0.4 is 0 Å². The second-order valence-electron chi connectivity index (χ2n) is 8.01. The highest BCUT2D eigenvalue weighted by atomic mass is 16.8. The summed E-state index contributed by atoms with van der Waals surface area (Å²) in [4.78, 5) is 0. The maximum atomic E-state index is 10.5. The third-order valence-corrected chi connectivity index (χ3v) is 4.68. The number of aliphatic hydroxyl groups is 7. The quantitative estimate of drug-likeness (QED) is 0.134. The lowest BCUT2D eigenvalue weighted by Crippen LogP contribution is -2.54. The summed E-state index contributed by atoms with van der Waals surface area (Å²) < 4.78 is 27.0. The summed E-state index contributed by atoms with van der Waals surface area (Å²) in [6.07, 6.45) is -11.8. The Morgan fingerprint density at radius 3 is 2.10 bits per heavy atom. The van der Waals surface area contributed by atoms with Crippen LogP contribution in [0.3, 0.4) is 0 Å². The molecule has 0 spiro atoms. The van der Waals surface area contributed by atoms with E-state index < -0.39 is 68.2 Å². The maximum Gasteiger partial charge on any atom is 0.189 e. The zero-order chi connectivity index (χ0) is 23.7. The highest BCUT2D eigenvalue weighted by Crippen LogP contribution is 2.20. The standard InChI is InChI=1S/C19H38O12/c1-9(2)16(17(26)31-18(12(22)6-21)29-10(3)5-20)27-7-11(4)30-19-15(25)14(24)13(23)8-28-19/h9-26H,5-8H2,1-4H3/t10?,11-,12-,13?,14?,15?,16?,17+,18?,19?/m0/s1. The van der Waals surface area contributed by atoms with Gasteiger partial charge in [0.1, 0.15) is 30.5 Å². The second kappa shape index (κ2) is 13.9. The summed E-state index contributed by atoms with van der Waals surface area (Å²) in [6.45, 7) is 5.41. The van der Waals surface area contributed by atoms with Crippen molar-refractivity contribution in [2.24, 2.45) is 5.92 Å². The van der Waals surface area contributed by atoms with Crippen LogP contribution in [-0.4, -0.2) is 124 Å². The highest BCUT2D eigenvalue weighted by molar-refractivity contribution is 4.83. The van der Waals surface area contributed by atoms with Gasteiger partial charge in [0, 0.05) is 0 Å². The number of hydrogen-bond donors (Lipinski definition) is 7. The molecule has 0 aromatic rings. The van der Waals surface area contributed by atoms with Gasteiger partial charge in [-0.3, -0.25) is 0 Å². The Balaban J connectivity index is 2.63. The predicted molar refractivity (Wildman–Crippen MR) is 104 cm³/mol. The molecule has 10 atom stereocenters. The van der Waals surface area contributed by atoms with Gasteiger partial charge in [0.2, 0.25) is 0 Å². The first-order chi connectivity index (χ1) is 14.5. The molecule has 0 aromatic carbocycles. The molecule has 12 nitrogen and oxygen atoms in total. The first-order valence-corrected chi connectivity index (χ1v) is 10.3. The number of aliphatic hydroxyl groups excluding tert-OH is 7. The van der Waals surface area contributed by atoms with E-state index in [0.29, 0.717) is 0 Å². The van der Waals surface area contributed by atoms with Crippen molar-refractivity contribution < 1.29 is 59.4 Å². The van der Waals surface area contributed by atoms with Crippen LogP contribution in [0, 0.1) is 5.92 Å².